The third kappa shape index (κ3) is 4.27. The number of fused-ring (bicyclic) bond motifs is 4. The van der Waals surface area contributed by atoms with Crippen molar-refractivity contribution in [3.8, 4) is 44.6 Å². The average molecular weight is 585 g/mol. The van der Waals surface area contributed by atoms with Crippen LogP contribution in [0.5, 0.6) is 0 Å². The van der Waals surface area contributed by atoms with Gasteiger partial charge in [-0.1, -0.05) is 121 Å². The number of aromatic nitrogens is 2. The average Bonchev–Trinajstić information content (AvgIpc) is 3.13. The fourth-order valence-corrected chi connectivity index (χ4v) is 7.13. The van der Waals surface area contributed by atoms with Gasteiger partial charge in [-0.25, -0.2) is 0 Å². The topological polar surface area (TPSA) is 25.8 Å². The summed E-state index contributed by atoms with van der Waals surface area (Å²) >= 11 is 0. The van der Waals surface area contributed by atoms with Crippen LogP contribution >= 0.6 is 0 Å². The van der Waals surface area contributed by atoms with Gasteiger partial charge in [-0.05, 0) is 107 Å². The lowest BCUT2D eigenvalue weighted by Gasteiger charge is -2.19. The Morgan fingerprint density at radius 1 is 0.326 bits per heavy atom. The zero-order valence-electron chi connectivity index (χ0n) is 25.1. The molecular weight excluding hydrogens is 556 g/mol. The Labute approximate surface area is 267 Å². The molecule has 0 radical (unpaired) electrons. The van der Waals surface area contributed by atoms with Crippen molar-refractivity contribution in [1.29, 1.82) is 0 Å². The number of benzene rings is 7. The van der Waals surface area contributed by atoms with Crippen molar-refractivity contribution in [2.45, 2.75) is 0 Å². The van der Waals surface area contributed by atoms with Crippen LogP contribution < -0.4 is 0 Å². The largest absolute Gasteiger partial charge is 0.265 e. The molecule has 2 aromatic heterocycles. The molecule has 0 saturated carbocycles. The SMILES string of the molecule is c1ccc2cc(-c3c4ccccc4c(-c4cccc5c(-c6cc(-c7ccncc7)ccn6)cccc45)c4ccccc34)ccc2c1. The molecule has 0 aliphatic heterocycles. The summed E-state index contributed by atoms with van der Waals surface area (Å²) in [5, 5.41) is 9.91. The van der Waals surface area contributed by atoms with E-state index >= 15 is 0 Å². The number of hydrogen-bond donors (Lipinski definition) is 0. The fourth-order valence-electron chi connectivity index (χ4n) is 7.13. The Hall–Kier alpha value is -6.12. The summed E-state index contributed by atoms with van der Waals surface area (Å²) in [5.41, 5.74) is 9.33. The quantitative estimate of drug-likeness (QED) is 0.192. The molecule has 2 heteroatoms. The molecule has 7 aromatic carbocycles. The van der Waals surface area contributed by atoms with Gasteiger partial charge in [-0.3, -0.25) is 9.97 Å². The first kappa shape index (κ1) is 26.3. The lowest BCUT2D eigenvalue weighted by Crippen LogP contribution is -1.92. The van der Waals surface area contributed by atoms with Gasteiger partial charge in [0.15, 0.2) is 0 Å². The standard InChI is InChI=1S/C44H28N2/c1-2-10-31-27-33(20-19-29(31)9-1)43-38-11-3-5-13-40(38)44(41-14-6-4-12-39(41)43)37-18-8-15-34-35(37)16-7-17-36(34)42-28-32(23-26-46-42)30-21-24-45-25-22-30/h1-28H. The molecule has 2 heterocycles. The molecule has 46 heavy (non-hydrogen) atoms. The van der Waals surface area contributed by atoms with E-state index in [9.17, 15) is 0 Å². The van der Waals surface area contributed by atoms with Crippen molar-refractivity contribution in [1.82, 2.24) is 9.97 Å². The molecule has 9 rings (SSSR count). The molecule has 0 bridgehead atoms. The molecule has 0 aliphatic rings. The Morgan fingerprint density at radius 3 is 1.61 bits per heavy atom. The smallest absolute Gasteiger partial charge is 0.0714 e. The van der Waals surface area contributed by atoms with E-state index in [1.807, 2.05) is 30.7 Å². The van der Waals surface area contributed by atoms with Gasteiger partial charge >= 0.3 is 0 Å². The van der Waals surface area contributed by atoms with E-state index < -0.39 is 0 Å². The van der Waals surface area contributed by atoms with Gasteiger partial charge in [0.05, 0.1) is 5.69 Å². The van der Waals surface area contributed by atoms with E-state index in [-0.39, 0.29) is 0 Å². The molecule has 0 unspecified atom stereocenters. The van der Waals surface area contributed by atoms with Gasteiger partial charge < -0.3 is 0 Å². The molecule has 9 aromatic rings. The predicted octanol–water partition coefficient (Wildman–Crippen LogP) is 11.8. The van der Waals surface area contributed by atoms with Crippen LogP contribution in [0.1, 0.15) is 0 Å². The van der Waals surface area contributed by atoms with Gasteiger partial charge in [-0.15, -0.1) is 0 Å². The van der Waals surface area contributed by atoms with Gasteiger partial charge in [0, 0.05) is 24.2 Å². The summed E-state index contributed by atoms with van der Waals surface area (Å²) < 4.78 is 0. The second kappa shape index (κ2) is 10.8. The first-order chi connectivity index (χ1) is 22.8. The van der Waals surface area contributed by atoms with Crippen molar-refractivity contribution in [3.05, 3.63) is 170 Å². The Morgan fingerprint density at radius 2 is 0.891 bits per heavy atom. The van der Waals surface area contributed by atoms with Crippen LogP contribution in [0.2, 0.25) is 0 Å². The van der Waals surface area contributed by atoms with E-state index in [2.05, 4.69) is 145 Å². The second-order valence-corrected chi connectivity index (χ2v) is 11.8. The highest BCUT2D eigenvalue weighted by molar-refractivity contribution is 6.24. The molecule has 214 valence electrons. The number of nitrogens with zero attached hydrogens (tertiary/aromatic N) is 2. The Bertz CT molecular complexity index is 2530. The predicted molar refractivity (Wildman–Crippen MR) is 194 cm³/mol. The van der Waals surface area contributed by atoms with E-state index in [4.69, 9.17) is 4.98 Å². The van der Waals surface area contributed by atoms with Gasteiger partial charge in [0.1, 0.15) is 0 Å². The lowest BCUT2D eigenvalue weighted by atomic mass is 9.84. The van der Waals surface area contributed by atoms with E-state index in [0.717, 1.165) is 22.4 Å². The maximum atomic E-state index is 4.84. The molecule has 0 N–H and O–H groups in total. The fraction of sp³-hybridized carbons (Fsp3) is 0. The third-order valence-electron chi connectivity index (χ3n) is 9.21. The van der Waals surface area contributed by atoms with Gasteiger partial charge in [-0.2, -0.15) is 0 Å². The summed E-state index contributed by atoms with van der Waals surface area (Å²) in [5.74, 6) is 0. The first-order valence-electron chi connectivity index (χ1n) is 15.6. The number of pyridine rings is 2. The first-order valence-corrected chi connectivity index (χ1v) is 15.6. The molecule has 0 fully saturated rings. The maximum absolute atomic E-state index is 4.84. The highest BCUT2D eigenvalue weighted by Gasteiger charge is 2.19. The molecule has 0 atom stereocenters. The highest BCUT2D eigenvalue weighted by Crippen LogP contribution is 2.46. The number of rotatable bonds is 4. The monoisotopic (exact) mass is 584 g/mol. The summed E-state index contributed by atoms with van der Waals surface area (Å²) in [6, 6.07) is 54.8. The van der Waals surface area contributed by atoms with Crippen molar-refractivity contribution >= 4 is 43.1 Å². The molecule has 2 nitrogen and oxygen atoms in total. The van der Waals surface area contributed by atoms with Crippen LogP contribution in [-0.2, 0) is 0 Å². The van der Waals surface area contributed by atoms with E-state index in [0.29, 0.717) is 0 Å². The summed E-state index contributed by atoms with van der Waals surface area (Å²) in [6.45, 7) is 0. The van der Waals surface area contributed by atoms with Crippen molar-refractivity contribution < 1.29 is 0 Å². The third-order valence-corrected chi connectivity index (χ3v) is 9.21. The van der Waals surface area contributed by atoms with Crippen LogP contribution in [-0.4, -0.2) is 9.97 Å². The summed E-state index contributed by atoms with van der Waals surface area (Å²) in [6.07, 6.45) is 5.57. The van der Waals surface area contributed by atoms with Crippen LogP contribution in [0.4, 0.5) is 0 Å². The molecule has 0 aliphatic carbocycles. The molecule has 0 saturated heterocycles. The van der Waals surface area contributed by atoms with E-state index in [1.54, 1.807) is 0 Å². The molecular formula is C44H28N2. The minimum absolute atomic E-state index is 0.957. The zero-order valence-corrected chi connectivity index (χ0v) is 25.1. The minimum atomic E-state index is 0.957. The lowest BCUT2D eigenvalue weighted by molar-refractivity contribution is 1.31. The van der Waals surface area contributed by atoms with Crippen molar-refractivity contribution in [3.63, 3.8) is 0 Å². The molecule has 0 amide bonds. The van der Waals surface area contributed by atoms with Crippen LogP contribution in [0.15, 0.2) is 170 Å². The van der Waals surface area contributed by atoms with Crippen molar-refractivity contribution in [2.24, 2.45) is 0 Å². The second-order valence-electron chi connectivity index (χ2n) is 11.8. The number of hydrogen-bond acceptors (Lipinski definition) is 2. The Balaban J connectivity index is 1.31. The van der Waals surface area contributed by atoms with Gasteiger partial charge in [0.2, 0.25) is 0 Å². The summed E-state index contributed by atoms with van der Waals surface area (Å²) in [7, 11) is 0. The molecule has 0 spiro atoms. The van der Waals surface area contributed by atoms with Crippen LogP contribution in [0.25, 0.3) is 87.7 Å². The summed E-state index contributed by atoms with van der Waals surface area (Å²) in [4.78, 5) is 9.03. The normalized spacial score (nSPS) is 11.5. The van der Waals surface area contributed by atoms with Crippen molar-refractivity contribution in [2.75, 3.05) is 0 Å². The van der Waals surface area contributed by atoms with Crippen LogP contribution in [0.3, 0.4) is 0 Å². The van der Waals surface area contributed by atoms with Gasteiger partial charge in [0.25, 0.3) is 0 Å². The highest BCUT2D eigenvalue weighted by atomic mass is 14.7. The maximum Gasteiger partial charge on any atom is 0.0714 e. The van der Waals surface area contributed by atoms with E-state index in [1.165, 1.54) is 65.3 Å². The minimum Gasteiger partial charge on any atom is -0.265 e. The van der Waals surface area contributed by atoms with Crippen LogP contribution in [0, 0.1) is 0 Å². The Kier molecular flexibility index (Phi) is 6.17. The zero-order chi connectivity index (χ0) is 30.5.